The number of rotatable bonds is 6. The van der Waals surface area contributed by atoms with Crippen LogP contribution < -0.4 is 10.2 Å². The van der Waals surface area contributed by atoms with Crippen molar-refractivity contribution >= 4 is 16.9 Å². The molecular formula is C21H20O6. The van der Waals surface area contributed by atoms with E-state index in [1.54, 1.807) is 13.8 Å². The molecule has 140 valence electrons. The highest BCUT2D eigenvalue weighted by Crippen LogP contribution is 2.31. The number of hydrogen-bond donors (Lipinski definition) is 1. The zero-order valence-corrected chi connectivity index (χ0v) is 15.1. The summed E-state index contributed by atoms with van der Waals surface area (Å²) in [4.78, 5) is 24.4. The molecule has 3 rings (SSSR count). The quantitative estimate of drug-likeness (QED) is 0.665. The van der Waals surface area contributed by atoms with Crippen LogP contribution in [0.15, 0.2) is 57.7 Å². The normalized spacial score (nSPS) is 11.9. The maximum Gasteiger partial charge on any atom is 0.347 e. The smallest absolute Gasteiger partial charge is 0.347 e. The average molecular weight is 368 g/mol. The van der Waals surface area contributed by atoms with Crippen LogP contribution in [0.1, 0.15) is 20.3 Å². The number of ether oxygens (including phenoxy) is 2. The van der Waals surface area contributed by atoms with Gasteiger partial charge in [0.2, 0.25) is 0 Å². The lowest BCUT2D eigenvalue weighted by Gasteiger charge is -2.16. The summed E-state index contributed by atoms with van der Waals surface area (Å²) in [7, 11) is 0. The molecule has 0 fully saturated rings. The molecule has 0 saturated heterocycles. The van der Waals surface area contributed by atoms with Crippen molar-refractivity contribution in [2.75, 3.05) is 6.61 Å². The van der Waals surface area contributed by atoms with E-state index in [2.05, 4.69) is 0 Å². The third-order valence-electron chi connectivity index (χ3n) is 4.04. The van der Waals surface area contributed by atoms with E-state index in [9.17, 15) is 14.7 Å². The molecule has 6 nitrogen and oxygen atoms in total. The van der Waals surface area contributed by atoms with Crippen molar-refractivity contribution < 1.29 is 23.8 Å². The van der Waals surface area contributed by atoms with Gasteiger partial charge in [0.25, 0.3) is 0 Å². The van der Waals surface area contributed by atoms with Gasteiger partial charge >= 0.3 is 5.97 Å². The lowest BCUT2D eigenvalue weighted by Crippen LogP contribution is -2.28. The first-order valence-electron chi connectivity index (χ1n) is 8.73. The summed E-state index contributed by atoms with van der Waals surface area (Å²) in [6.07, 6.45) is -0.420. The van der Waals surface area contributed by atoms with Crippen LogP contribution >= 0.6 is 0 Å². The van der Waals surface area contributed by atoms with Gasteiger partial charge in [-0.3, -0.25) is 4.79 Å². The molecule has 1 atom stereocenters. The van der Waals surface area contributed by atoms with E-state index in [0.29, 0.717) is 12.2 Å². The Labute approximate surface area is 156 Å². The molecule has 3 aromatic rings. The fraction of sp³-hybridized carbons (Fsp3) is 0.238. The molecule has 0 radical (unpaired) electrons. The van der Waals surface area contributed by atoms with Gasteiger partial charge in [-0.1, -0.05) is 37.3 Å². The summed E-state index contributed by atoms with van der Waals surface area (Å²) in [6, 6.07) is 13.3. The molecule has 2 aromatic carbocycles. The number of aromatic hydroxyl groups is 1. The summed E-state index contributed by atoms with van der Waals surface area (Å²) >= 11 is 0. The number of phenolic OH excluding ortho intramolecular Hbond substituents is 1. The summed E-state index contributed by atoms with van der Waals surface area (Å²) in [6.45, 7) is 3.75. The van der Waals surface area contributed by atoms with Crippen LogP contribution in [0.3, 0.4) is 0 Å². The number of hydrogen-bond acceptors (Lipinski definition) is 6. The van der Waals surface area contributed by atoms with Crippen LogP contribution in [-0.2, 0) is 9.53 Å². The molecule has 0 unspecified atom stereocenters. The minimum atomic E-state index is -0.814. The first-order valence-corrected chi connectivity index (χ1v) is 8.73. The first kappa shape index (κ1) is 18.5. The maximum absolute atomic E-state index is 12.4. The molecule has 0 bridgehead atoms. The third kappa shape index (κ3) is 3.95. The van der Waals surface area contributed by atoms with Crippen molar-refractivity contribution in [2.45, 2.75) is 26.4 Å². The van der Waals surface area contributed by atoms with Gasteiger partial charge in [0.15, 0.2) is 11.5 Å². The topological polar surface area (TPSA) is 86.0 Å². The van der Waals surface area contributed by atoms with Gasteiger partial charge in [0, 0.05) is 23.8 Å². The largest absolute Gasteiger partial charge is 0.507 e. The zero-order chi connectivity index (χ0) is 19.4. The van der Waals surface area contributed by atoms with E-state index in [1.165, 1.54) is 18.2 Å². The molecule has 0 amide bonds. The molecule has 0 aliphatic rings. The highest BCUT2D eigenvalue weighted by molar-refractivity contribution is 5.86. The second-order valence-electron chi connectivity index (χ2n) is 5.92. The molecule has 0 saturated carbocycles. The SMILES string of the molecule is CCOC(=O)[C@@H](CC)Oc1cc(O)c2c(=O)cc(-c3ccccc3)oc2c1. The Morgan fingerprint density at radius 1 is 1.15 bits per heavy atom. The summed E-state index contributed by atoms with van der Waals surface area (Å²) in [5.41, 5.74) is 0.548. The zero-order valence-electron chi connectivity index (χ0n) is 15.1. The molecule has 0 aliphatic heterocycles. The molecular weight excluding hydrogens is 348 g/mol. The van der Waals surface area contributed by atoms with Crippen LogP contribution in [0, 0.1) is 0 Å². The van der Waals surface area contributed by atoms with Crippen molar-refractivity contribution in [2.24, 2.45) is 0 Å². The van der Waals surface area contributed by atoms with E-state index >= 15 is 0 Å². The number of benzene rings is 2. The molecule has 1 heterocycles. The Morgan fingerprint density at radius 3 is 2.56 bits per heavy atom. The van der Waals surface area contributed by atoms with Gasteiger partial charge in [0.1, 0.15) is 28.2 Å². The van der Waals surface area contributed by atoms with Gasteiger partial charge in [-0.25, -0.2) is 4.79 Å². The van der Waals surface area contributed by atoms with Crippen LogP contribution in [0.25, 0.3) is 22.3 Å². The average Bonchev–Trinajstić information content (AvgIpc) is 2.66. The lowest BCUT2D eigenvalue weighted by molar-refractivity contribution is -0.151. The van der Waals surface area contributed by atoms with Gasteiger partial charge in [0.05, 0.1) is 6.61 Å². The van der Waals surface area contributed by atoms with Crippen LogP contribution in [0.4, 0.5) is 0 Å². The number of fused-ring (bicyclic) bond motifs is 1. The number of phenols is 1. The van der Waals surface area contributed by atoms with Gasteiger partial charge in [-0.2, -0.15) is 0 Å². The molecule has 6 heteroatoms. The summed E-state index contributed by atoms with van der Waals surface area (Å²) in [5, 5.41) is 10.3. The molecule has 0 spiro atoms. The third-order valence-corrected chi connectivity index (χ3v) is 4.04. The van der Waals surface area contributed by atoms with E-state index in [1.807, 2.05) is 30.3 Å². The Morgan fingerprint density at radius 2 is 1.89 bits per heavy atom. The predicted molar refractivity (Wildman–Crippen MR) is 101 cm³/mol. The van der Waals surface area contributed by atoms with Crippen molar-refractivity contribution in [3.05, 3.63) is 58.8 Å². The summed E-state index contributed by atoms with van der Waals surface area (Å²) < 4.78 is 16.5. The fourth-order valence-corrected chi connectivity index (χ4v) is 2.75. The van der Waals surface area contributed by atoms with Gasteiger partial charge < -0.3 is 19.0 Å². The Hall–Kier alpha value is -3.28. The maximum atomic E-state index is 12.4. The van der Waals surface area contributed by atoms with Crippen LogP contribution in [-0.4, -0.2) is 23.8 Å². The van der Waals surface area contributed by atoms with Crippen molar-refractivity contribution in [3.63, 3.8) is 0 Å². The second kappa shape index (κ2) is 7.95. The van der Waals surface area contributed by atoms with Crippen molar-refractivity contribution in [1.29, 1.82) is 0 Å². The predicted octanol–water partition coefficient (Wildman–Crippen LogP) is 3.89. The minimum absolute atomic E-state index is 0.0613. The van der Waals surface area contributed by atoms with E-state index < -0.39 is 12.1 Å². The molecule has 27 heavy (non-hydrogen) atoms. The standard InChI is InChI=1S/C21H20O6/c1-3-17(21(24)25-4-2)26-14-10-15(22)20-16(23)12-18(27-19(20)11-14)13-8-6-5-7-9-13/h5-12,17,22H,3-4H2,1-2H3/t17-/m1/s1. The van der Waals surface area contributed by atoms with Gasteiger partial charge in [-0.15, -0.1) is 0 Å². The van der Waals surface area contributed by atoms with Crippen molar-refractivity contribution in [1.82, 2.24) is 0 Å². The van der Waals surface area contributed by atoms with Crippen LogP contribution in [0.5, 0.6) is 11.5 Å². The highest BCUT2D eigenvalue weighted by Gasteiger charge is 2.21. The second-order valence-corrected chi connectivity index (χ2v) is 5.92. The van der Waals surface area contributed by atoms with Crippen LogP contribution in [0.2, 0.25) is 0 Å². The summed E-state index contributed by atoms with van der Waals surface area (Å²) in [5.74, 6) is -0.163. The molecule has 0 aliphatic carbocycles. The Kier molecular flexibility index (Phi) is 5.45. The molecule has 1 N–H and O–H groups in total. The van der Waals surface area contributed by atoms with Crippen molar-refractivity contribution in [3.8, 4) is 22.8 Å². The Bertz CT molecular complexity index is 1010. The number of esters is 1. The molecule has 1 aromatic heterocycles. The number of carbonyl (C=O) groups is 1. The minimum Gasteiger partial charge on any atom is -0.507 e. The lowest BCUT2D eigenvalue weighted by atomic mass is 10.1. The monoisotopic (exact) mass is 368 g/mol. The Balaban J connectivity index is 2.04. The highest BCUT2D eigenvalue weighted by atomic mass is 16.6. The number of carbonyl (C=O) groups excluding carboxylic acids is 1. The first-order chi connectivity index (χ1) is 13.0. The fourth-order valence-electron chi connectivity index (χ4n) is 2.75. The van der Waals surface area contributed by atoms with E-state index in [-0.39, 0.29) is 34.5 Å². The van der Waals surface area contributed by atoms with Gasteiger partial charge in [-0.05, 0) is 13.3 Å². The van der Waals surface area contributed by atoms with E-state index in [0.717, 1.165) is 5.56 Å². The van der Waals surface area contributed by atoms with E-state index in [4.69, 9.17) is 13.9 Å².